The summed E-state index contributed by atoms with van der Waals surface area (Å²) in [6, 6.07) is 7.93. The van der Waals surface area contributed by atoms with Crippen LogP contribution < -0.4 is 15.8 Å². The van der Waals surface area contributed by atoms with Gasteiger partial charge in [-0.25, -0.2) is 19.3 Å². The molecule has 1 fully saturated rings. The third-order valence-electron chi connectivity index (χ3n) is 4.93. The number of ether oxygens (including phenoxy) is 1. The fourth-order valence-corrected chi connectivity index (χ4v) is 3.49. The van der Waals surface area contributed by atoms with Gasteiger partial charge in [0.1, 0.15) is 29.6 Å². The standard InChI is InChI=1S/C20H20FN5O2/c21-12-3-8-17-16(10-12)19(25-11-24-17)26-13-4-6-14(7-5-13)28-20-15(18(22)27)2-1-9-23-20/h1-3,8-11,13-14H,4-7H2,(H2,22,27)(H,24,25,26)/t13-,14-. The molecule has 0 spiro atoms. The molecule has 0 atom stereocenters. The lowest BCUT2D eigenvalue weighted by Crippen LogP contribution is -2.32. The van der Waals surface area contributed by atoms with Crippen LogP contribution in [0.15, 0.2) is 42.9 Å². The molecule has 1 saturated carbocycles. The number of pyridine rings is 1. The van der Waals surface area contributed by atoms with E-state index < -0.39 is 5.91 Å². The van der Waals surface area contributed by atoms with E-state index in [-0.39, 0.29) is 29.4 Å². The molecule has 28 heavy (non-hydrogen) atoms. The number of halogens is 1. The molecule has 0 unspecified atom stereocenters. The lowest BCUT2D eigenvalue weighted by molar-refractivity contribution is 0.0983. The smallest absolute Gasteiger partial charge is 0.254 e. The summed E-state index contributed by atoms with van der Waals surface area (Å²) < 4.78 is 19.5. The minimum Gasteiger partial charge on any atom is -0.474 e. The molecule has 0 aliphatic heterocycles. The Labute approximate surface area is 161 Å². The number of aromatic nitrogens is 3. The molecule has 3 aromatic rings. The number of hydrogen-bond donors (Lipinski definition) is 2. The number of fused-ring (bicyclic) bond motifs is 1. The van der Waals surface area contributed by atoms with Gasteiger partial charge >= 0.3 is 0 Å². The van der Waals surface area contributed by atoms with Gasteiger partial charge in [-0.2, -0.15) is 0 Å². The van der Waals surface area contributed by atoms with Crippen LogP contribution in [0, 0.1) is 5.82 Å². The number of carbonyl (C=O) groups is 1. The normalized spacial score (nSPS) is 19.3. The van der Waals surface area contributed by atoms with Crippen molar-refractivity contribution in [2.45, 2.75) is 37.8 Å². The zero-order valence-corrected chi connectivity index (χ0v) is 15.1. The second-order valence-corrected chi connectivity index (χ2v) is 6.84. The molecule has 4 rings (SSSR count). The Bertz CT molecular complexity index is 1000. The number of anilines is 1. The Hall–Kier alpha value is -3.29. The van der Waals surface area contributed by atoms with Crippen molar-refractivity contribution in [2.75, 3.05) is 5.32 Å². The maximum Gasteiger partial charge on any atom is 0.254 e. The summed E-state index contributed by atoms with van der Waals surface area (Å²) in [6.07, 6.45) is 6.31. The summed E-state index contributed by atoms with van der Waals surface area (Å²) in [5.41, 5.74) is 6.36. The summed E-state index contributed by atoms with van der Waals surface area (Å²) in [6.45, 7) is 0. The average Bonchev–Trinajstić information content (AvgIpc) is 2.70. The molecule has 1 amide bonds. The summed E-state index contributed by atoms with van der Waals surface area (Å²) in [4.78, 5) is 24.1. The number of rotatable bonds is 5. The van der Waals surface area contributed by atoms with Gasteiger partial charge in [0, 0.05) is 17.6 Å². The van der Waals surface area contributed by atoms with E-state index in [4.69, 9.17) is 10.5 Å². The van der Waals surface area contributed by atoms with Crippen molar-refractivity contribution in [3.8, 4) is 5.88 Å². The number of primary amides is 1. The van der Waals surface area contributed by atoms with Gasteiger partial charge in [-0.05, 0) is 56.0 Å². The van der Waals surface area contributed by atoms with Crippen molar-refractivity contribution in [2.24, 2.45) is 5.73 Å². The van der Waals surface area contributed by atoms with Crippen molar-refractivity contribution < 1.29 is 13.9 Å². The third kappa shape index (κ3) is 3.85. The van der Waals surface area contributed by atoms with E-state index in [9.17, 15) is 9.18 Å². The van der Waals surface area contributed by atoms with E-state index in [1.54, 1.807) is 24.4 Å². The van der Waals surface area contributed by atoms with Crippen LogP contribution in [0.3, 0.4) is 0 Å². The summed E-state index contributed by atoms with van der Waals surface area (Å²) >= 11 is 0. The molecule has 2 heterocycles. The van der Waals surface area contributed by atoms with E-state index in [1.165, 1.54) is 18.5 Å². The van der Waals surface area contributed by atoms with Crippen LogP contribution in [-0.2, 0) is 0 Å². The first-order valence-electron chi connectivity index (χ1n) is 9.18. The van der Waals surface area contributed by atoms with Crippen LogP contribution in [-0.4, -0.2) is 33.0 Å². The first-order chi connectivity index (χ1) is 13.6. The number of nitrogens with two attached hydrogens (primary N) is 1. The van der Waals surface area contributed by atoms with E-state index >= 15 is 0 Å². The van der Waals surface area contributed by atoms with Gasteiger partial charge in [0.2, 0.25) is 5.88 Å². The minimum absolute atomic E-state index is 0.0364. The fraction of sp³-hybridized carbons (Fsp3) is 0.300. The molecular formula is C20H20FN5O2. The molecule has 8 heteroatoms. The fourth-order valence-electron chi connectivity index (χ4n) is 3.49. The van der Waals surface area contributed by atoms with Crippen LogP contribution in [0.2, 0.25) is 0 Å². The van der Waals surface area contributed by atoms with E-state index in [0.717, 1.165) is 25.7 Å². The van der Waals surface area contributed by atoms with Crippen molar-refractivity contribution in [3.05, 3.63) is 54.2 Å². The van der Waals surface area contributed by atoms with Crippen molar-refractivity contribution >= 4 is 22.6 Å². The average molecular weight is 381 g/mol. The molecule has 3 N–H and O–H groups in total. The Morgan fingerprint density at radius 2 is 1.96 bits per heavy atom. The second-order valence-electron chi connectivity index (χ2n) is 6.84. The second kappa shape index (κ2) is 7.75. The Kier molecular flexibility index (Phi) is 5.01. The predicted octanol–water partition coefficient (Wildman–Crippen LogP) is 3.06. The highest BCUT2D eigenvalue weighted by atomic mass is 19.1. The van der Waals surface area contributed by atoms with Crippen molar-refractivity contribution in [1.82, 2.24) is 15.0 Å². The summed E-state index contributed by atoms with van der Waals surface area (Å²) in [7, 11) is 0. The first-order valence-corrected chi connectivity index (χ1v) is 9.18. The van der Waals surface area contributed by atoms with Gasteiger partial charge in [-0.3, -0.25) is 4.79 Å². The zero-order valence-electron chi connectivity index (χ0n) is 15.1. The lowest BCUT2D eigenvalue weighted by atomic mass is 9.93. The number of amides is 1. The minimum atomic E-state index is -0.554. The van der Waals surface area contributed by atoms with Gasteiger partial charge in [0.05, 0.1) is 5.52 Å². The third-order valence-corrected chi connectivity index (χ3v) is 4.93. The molecule has 144 valence electrons. The van der Waals surface area contributed by atoms with Gasteiger partial charge < -0.3 is 15.8 Å². The summed E-state index contributed by atoms with van der Waals surface area (Å²) in [5, 5.41) is 4.07. The quantitative estimate of drug-likeness (QED) is 0.704. The summed E-state index contributed by atoms with van der Waals surface area (Å²) in [5.74, 6) is 0.0442. The zero-order chi connectivity index (χ0) is 19.5. The highest BCUT2D eigenvalue weighted by molar-refractivity contribution is 5.95. The monoisotopic (exact) mass is 381 g/mol. The molecule has 2 aromatic heterocycles. The largest absolute Gasteiger partial charge is 0.474 e. The van der Waals surface area contributed by atoms with Crippen LogP contribution in [0.4, 0.5) is 10.2 Å². The van der Waals surface area contributed by atoms with Crippen LogP contribution in [0.1, 0.15) is 36.0 Å². The Balaban J connectivity index is 1.40. The molecule has 0 saturated heterocycles. The highest BCUT2D eigenvalue weighted by Gasteiger charge is 2.25. The maximum atomic E-state index is 13.6. The van der Waals surface area contributed by atoms with Crippen LogP contribution in [0.5, 0.6) is 5.88 Å². The first kappa shape index (κ1) is 18.1. The molecule has 1 aliphatic rings. The van der Waals surface area contributed by atoms with Crippen LogP contribution >= 0.6 is 0 Å². The van der Waals surface area contributed by atoms with Crippen molar-refractivity contribution in [1.29, 1.82) is 0 Å². The maximum absolute atomic E-state index is 13.6. The molecular weight excluding hydrogens is 361 g/mol. The molecule has 0 radical (unpaired) electrons. The van der Waals surface area contributed by atoms with Gasteiger partial charge in [-0.1, -0.05) is 0 Å². The van der Waals surface area contributed by atoms with E-state index in [1.807, 2.05) is 0 Å². The van der Waals surface area contributed by atoms with Gasteiger partial charge in [0.15, 0.2) is 0 Å². The number of benzene rings is 1. The topological polar surface area (TPSA) is 103 Å². The highest BCUT2D eigenvalue weighted by Crippen LogP contribution is 2.28. The SMILES string of the molecule is NC(=O)c1cccnc1O[C@H]1CC[C@H](Nc2ncnc3ccc(F)cc23)CC1. The van der Waals surface area contributed by atoms with Crippen molar-refractivity contribution in [3.63, 3.8) is 0 Å². The Morgan fingerprint density at radius 3 is 2.75 bits per heavy atom. The molecule has 1 aromatic carbocycles. The Morgan fingerprint density at radius 1 is 1.14 bits per heavy atom. The number of nitrogens with one attached hydrogen (secondary N) is 1. The number of carbonyl (C=O) groups excluding carboxylic acids is 1. The van der Waals surface area contributed by atoms with Gasteiger partial charge in [0.25, 0.3) is 5.91 Å². The molecule has 1 aliphatic carbocycles. The number of nitrogens with zero attached hydrogens (tertiary/aromatic N) is 3. The van der Waals surface area contributed by atoms with E-state index in [0.29, 0.717) is 16.7 Å². The van der Waals surface area contributed by atoms with Crippen LogP contribution in [0.25, 0.3) is 10.9 Å². The van der Waals surface area contributed by atoms with Gasteiger partial charge in [-0.15, -0.1) is 0 Å². The number of hydrogen-bond acceptors (Lipinski definition) is 6. The predicted molar refractivity (Wildman–Crippen MR) is 103 cm³/mol. The lowest BCUT2D eigenvalue weighted by Gasteiger charge is -2.30. The molecule has 7 nitrogen and oxygen atoms in total. The molecule has 0 bridgehead atoms. The van der Waals surface area contributed by atoms with E-state index in [2.05, 4.69) is 20.3 Å².